The van der Waals surface area contributed by atoms with Crippen molar-refractivity contribution < 1.29 is 14.3 Å². The van der Waals surface area contributed by atoms with Crippen molar-refractivity contribution >= 4 is 11.9 Å². The Morgan fingerprint density at radius 3 is 2.50 bits per heavy atom. The molecule has 1 N–H and O–H groups in total. The zero-order valence-electron chi connectivity index (χ0n) is 17.7. The molecule has 2 aromatic rings. The highest BCUT2D eigenvalue weighted by atomic mass is 16.5. The summed E-state index contributed by atoms with van der Waals surface area (Å²) in [6, 6.07) is 6.26. The van der Waals surface area contributed by atoms with Crippen molar-refractivity contribution in [2.24, 2.45) is 0 Å². The maximum absolute atomic E-state index is 12.5. The molecule has 0 aliphatic rings. The molecule has 2 heterocycles. The summed E-state index contributed by atoms with van der Waals surface area (Å²) in [5, 5.41) is 2.70. The minimum absolute atomic E-state index is 0.213. The van der Waals surface area contributed by atoms with Gasteiger partial charge in [-0.25, -0.2) is 9.78 Å². The van der Waals surface area contributed by atoms with Gasteiger partial charge < -0.3 is 10.1 Å². The van der Waals surface area contributed by atoms with Gasteiger partial charge in [0.15, 0.2) is 0 Å². The predicted molar refractivity (Wildman–Crippen MR) is 116 cm³/mol. The number of ether oxygens (including phenoxy) is 1. The number of imide groups is 1. The molecule has 156 valence electrons. The molecule has 0 aromatic carbocycles. The maximum Gasteiger partial charge on any atom is 0.324 e. The Hall–Kier alpha value is -3.74. The molecule has 0 bridgehead atoms. The van der Waals surface area contributed by atoms with Crippen molar-refractivity contribution in [2.45, 2.75) is 27.3 Å². The Bertz CT molecular complexity index is 994. The molecular formula is C23H26N4O3. The predicted octanol–water partition coefficient (Wildman–Crippen LogP) is 4.18. The van der Waals surface area contributed by atoms with Crippen LogP contribution in [0.1, 0.15) is 35.5 Å². The highest BCUT2D eigenvalue weighted by molar-refractivity contribution is 6.04. The van der Waals surface area contributed by atoms with Crippen LogP contribution in [0, 0.1) is 6.92 Å². The zero-order valence-corrected chi connectivity index (χ0v) is 17.7. The van der Waals surface area contributed by atoms with E-state index in [1.165, 1.54) is 7.05 Å². The van der Waals surface area contributed by atoms with Crippen LogP contribution in [0.3, 0.4) is 0 Å². The molecule has 0 saturated carbocycles. The van der Waals surface area contributed by atoms with Crippen LogP contribution in [0.15, 0.2) is 72.8 Å². The second-order valence-electron chi connectivity index (χ2n) is 6.90. The Morgan fingerprint density at radius 1 is 1.20 bits per heavy atom. The van der Waals surface area contributed by atoms with Gasteiger partial charge in [0.1, 0.15) is 5.76 Å². The summed E-state index contributed by atoms with van der Waals surface area (Å²) in [5.74, 6) is 0.568. The van der Waals surface area contributed by atoms with Crippen LogP contribution < -0.4 is 10.1 Å². The largest absolute Gasteiger partial charge is 0.439 e. The molecule has 0 spiro atoms. The van der Waals surface area contributed by atoms with Gasteiger partial charge in [-0.15, -0.1) is 0 Å². The lowest BCUT2D eigenvalue weighted by atomic mass is 10.2. The first-order chi connectivity index (χ1) is 14.2. The van der Waals surface area contributed by atoms with Crippen molar-refractivity contribution in [1.82, 2.24) is 20.2 Å². The molecule has 0 aliphatic carbocycles. The third-order valence-electron chi connectivity index (χ3n) is 4.10. The van der Waals surface area contributed by atoms with Crippen LogP contribution in [-0.4, -0.2) is 33.9 Å². The van der Waals surface area contributed by atoms with Gasteiger partial charge in [-0.1, -0.05) is 24.8 Å². The molecule has 3 amide bonds. The van der Waals surface area contributed by atoms with E-state index < -0.39 is 11.9 Å². The summed E-state index contributed by atoms with van der Waals surface area (Å²) in [6.45, 7) is 13.4. The van der Waals surface area contributed by atoms with Gasteiger partial charge >= 0.3 is 6.03 Å². The first kappa shape index (κ1) is 22.5. The average molecular weight is 406 g/mol. The molecule has 7 nitrogen and oxygen atoms in total. The van der Waals surface area contributed by atoms with Gasteiger partial charge in [0, 0.05) is 37.7 Å². The van der Waals surface area contributed by atoms with Crippen molar-refractivity contribution in [2.75, 3.05) is 7.05 Å². The Morgan fingerprint density at radius 2 is 1.93 bits per heavy atom. The number of carbonyl (C=O) groups is 2. The van der Waals surface area contributed by atoms with E-state index in [9.17, 15) is 9.59 Å². The van der Waals surface area contributed by atoms with E-state index in [1.807, 2.05) is 13.8 Å². The molecule has 0 fully saturated rings. The number of nitrogens with one attached hydrogen (secondary N) is 1. The summed E-state index contributed by atoms with van der Waals surface area (Å²) < 4.78 is 5.74. The molecule has 0 unspecified atom stereocenters. The fourth-order valence-corrected chi connectivity index (χ4v) is 2.43. The van der Waals surface area contributed by atoms with Crippen LogP contribution in [-0.2, 0) is 6.54 Å². The fraction of sp³-hybridized carbons (Fsp3) is 0.217. The standard InChI is InChI=1S/C23H26N4O3/c1-15(2)12-20(16(3)4)30-21-10-9-18(13-25-21)14-26-23(29)27(6)22(28)19-8-7-11-24-17(19)5/h7-13H,1,3,14H2,2,4-6H3,(H,26,29)/b20-12+. The minimum Gasteiger partial charge on any atom is -0.439 e. The van der Waals surface area contributed by atoms with E-state index in [1.54, 1.807) is 49.7 Å². The molecule has 2 aromatic heterocycles. The second kappa shape index (κ2) is 10.2. The van der Waals surface area contributed by atoms with Crippen LogP contribution in [0.25, 0.3) is 0 Å². The zero-order chi connectivity index (χ0) is 22.3. The van der Waals surface area contributed by atoms with E-state index in [-0.39, 0.29) is 6.54 Å². The third-order valence-corrected chi connectivity index (χ3v) is 4.10. The third kappa shape index (κ3) is 6.13. The monoisotopic (exact) mass is 406 g/mol. The van der Waals surface area contributed by atoms with E-state index in [4.69, 9.17) is 4.74 Å². The molecule has 0 radical (unpaired) electrons. The van der Waals surface area contributed by atoms with E-state index in [0.717, 1.165) is 21.6 Å². The molecule has 0 atom stereocenters. The number of hydrogen-bond acceptors (Lipinski definition) is 5. The number of aryl methyl sites for hydroxylation is 1. The quantitative estimate of drug-likeness (QED) is 0.551. The fourth-order valence-electron chi connectivity index (χ4n) is 2.43. The van der Waals surface area contributed by atoms with Crippen molar-refractivity contribution in [3.63, 3.8) is 0 Å². The van der Waals surface area contributed by atoms with Gasteiger partial charge in [0.05, 0.1) is 5.56 Å². The average Bonchev–Trinajstić information content (AvgIpc) is 2.71. The van der Waals surface area contributed by atoms with Gasteiger partial charge in [0.2, 0.25) is 5.88 Å². The lowest BCUT2D eigenvalue weighted by Gasteiger charge is -2.17. The number of amides is 3. The molecular weight excluding hydrogens is 380 g/mol. The van der Waals surface area contributed by atoms with Gasteiger partial charge in [-0.05, 0) is 50.1 Å². The van der Waals surface area contributed by atoms with Crippen molar-refractivity contribution in [3.05, 3.63) is 89.6 Å². The Labute approximate surface area is 176 Å². The first-order valence-electron chi connectivity index (χ1n) is 9.32. The Kier molecular flexibility index (Phi) is 7.63. The Balaban J connectivity index is 1.97. The van der Waals surface area contributed by atoms with E-state index in [0.29, 0.717) is 22.9 Å². The van der Waals surface area contributed by atoms with E-state index in [2.05, 4.69) is 28.4 Å². The van der Waals surface area contributed by atoms with Crippen molar-refractivity contribution in [1.29, 1.82) is 0 Å². The minimum atomic E-state index is -0.516. The van der Waals surface area contributed by atoms with Crippen LogP contribution in [0.5, 0.6) is 5.88 Å². The first-order valence-corrected chi connectivity index (χ1v) is 9.32. The van der Waals surface area contributed by atoms with Gasteiger partial charge in [0.25, 0.3) is 5.91 Å². The second-order valence-corrected chi connectivity index (χ2v) is 6.90. The summed E-state index contributed by atoms with van der Waals surface area (Å²) >= 11 is 0. The van der Waals surface area contributed by atoms with Crippen LogP contribution in [0.4, 0.5) is 4.79 Å². The van der Waals surface area contributed by atoms with Crippen molar-refractivity contribution in [3.8, 4) is 5.88 Å². The maximum atomic E-state index is 12.5. The molecule has 30 heavy (non-hydrogen) atoms. The molecule has 0 aliphatic heterocycles. The lowest BCUT2D eigenvalue weighted by Crippen LogP contribution is -2.41. The summed E-state index contributed by atoms with van der Waals surface area (Å²) in [6.07, 6.45) is 4.98. The lowest BCUT2D eigenvalue weighted by molar-refractivity contribution is 0.0830. The number of aromatic nitrogens is 2. The summed E-state index contributed by atoms with van der Waals surface area (Å²) in [5.41, 5.74) is 3.31. The van der Waals surface area contributed by atoms with Crippen LogP contribution >= 0.6 is 0 Å². The highest BCUT2D eigenvalue weighted by Crippen LogP contribution is 2.17. The number of nitrogens with zero attached hydrogens (tertiary/aromatic N) is 3. The molecule has 0 saturated heterocycles. The number of allylic oxidation sites excluding steroid dienone is 3. The number of pyridine rings is 2. The highest BCUT2D eigenvalue weighted by Gasteiger charge is 2.20. The number of rotatable bonds is 7. The summed E-state index contributed by atoms with van der Waals surface area (Å²) in [4.78, 5) is 34.2. The molecule has 2 rings (SSSR count). The van der Waals surface area contributed by atoms with Crippen LogP contribution in [0.2, 0.25) is 0 Å². The SMILES string of the molecule is C=C(C)/C=C(/Oc1ccc(CNC(=O)N(C)C(=O)c2cccnc2C)cn1)C(=C)C. The number of urea groups is 1. The van der Waals surface area contributed by atoms with Gasteiger partial charge in [-0.3, -0.25) is 14.7 Å². The normalized spacial score (nSPS) is 10.9. The number of carbonyl (C=O) groups excluding carboxylic acids is 2. The van der Waals surface area contributed by atoms with E-state index >= 15 is 0 Å². The molecule has 7 heteroatoms. The smallest absolute Gasteiger partial charge is 0.324 e. The summed E-state index contributed by atoms with van der Waals surface area (Å²) in [7, 11) is 1.42. The topological polar surface area (TPSA) is 84.4 Å². The number of hydrogen-bond donors (Lipinski definition) is 1. The van der Waals surface area contributed by atoms with Gasteiger partial charge in [-0.2, -0.15) is 0 Å².